The number of aryl methyl sites for hydroxylation is 2. The molecular formula is C40H43F5N6O6. The molecule has 7 heterocycles. The van der Waals surface area contributed by atoms with Crippen LogP contribution in [0.25, 0.3) is 32.9 Å². The Kier molecular flexibility index (Phi) is 10.2. The van der Waals surface area contributed by atoms with Gasteiger partial charge in [0.25, 0.3) is 0 Å². The summed E-state index contributed by atoms with van der Waals surface area (Å²) < 4.78 is 94.1. The van der Waals surface area contributed by atoms with Crippen molar-refractivity contribution in [3.63, 3.8) is 0 Å². The predicted octanol–water partition coefficient (Wildman–Crippen LogP) is 7.64. The second-order valence-corrected chi connectivity index (χ2v) is 14.9. The van der Waals surface area contributed by atoms with E-state index in [1.165, 1.54) is 6.07 Å². The third-order valence-corrected chi connectivity index (χ3v) is 11.6. The van der Waals surface area contributed by atoms with E-state index in [1.54, 1.807) is 6.92 Å². The molecule has 304 valence electrons. The maximum Gasteiger partial charge on any atom is 0.573 e. The van der Waals surface area contributed by atoms with E-state index in [0.717, 1.165) is 57.0 Å². The monoisotopic (exact) mass is 798 g/mol. The second-order valence-electron chi connectivity index (χ2n) is 14.9. The summed E-state index contributed by atoms with van der Waals surface area (Å²) in [5.74, 6) is -3.36. The fraction of sp³-hybridized carbons (Fsp3) is 0.500. The fourth-order valence-corrected chi connectivity index (χ4v) is 9.11. The zero-order valence-electron chi connectivity index (χ0n) is 31.8. The highest BCUT2D eigenvalue weighted by molar-refractivity contribution is 6.04. The summed E-state index contributed by atoms with van der Waals surface area (Å²) in [5, 5.41) is 10.6. The lowest BCUT2D eigenvalue weighted by Gasteiger charge is -2.43. The van der Waals surface area contributed by atoms with Crippen molar-refractivity contribution in [2.75, 3.05) is 44.2 Å². The molecule has 1 atom stereocenters. The van der Waals surface area contributed by atoms with E-state index in [9.17, 15) is 23.1 Å². The molecule has 3 fully saturated rings. The molecule has 4 aliphatic rings. The molecule has 2 aromatic carbocycles. The number of anilines is 1. The van der Waals surface area contributed by atoms with Gasteiger partial charge >= 0.3 is 18.2 Å². The van der Waals surface area contributed by atoms with Crippen molar-refractivity contribution >= 4 is 27.5 Å². The summed E-state index contributed by atoms with van der Waals surface area (Å²) >= 11 is 0. The summed E-state index contributed by atoms with van der Waals surface area (Å²) in [6, 6.07) is 4.01. The molecule has 1 unspecified atom stereocenters. The Labute approximate surface area is 324 Å². The molecule has 3 aromatic heterocycles. The van der Waals surface area contributed by atoms with Gasteiger partial charge in [-0.2, -0.15) is 9.97 Å². The standard InChI is InChI=1S/C38H37F5N6O6.C2H6/c1-20-27(54-36(51)53-20)18-47-13-14-49-22(17-47)5-2-6-26-29-32(45-35(46-34(29)49)52-19-37-9-3-11-48(37)12-4-10-37)30(40)31(44-26)24-16-23(50)15-21-7-8-25(39)33(28(21)24)55-38(41,42)43;1-2/h7-8,15-16,22,50H,2-6,9-14,17-19H2,1H3;1-2H3. The van der Waals surface area contributed by atoms with Gasteiger partial charge in [0.2, 0.25) is 0 Å². The van der Waals surface area contributed by atoms with Gasteiger partial charge in [-0.3, -0.25) is 9.80 Å². The van der Waals surface area contributed by atoms with Crippen molar-refractivity contribution in [1.29, 1.82) is 0 Å². The highest BCUT2D eigenvalue weighted by Crippen LogP contribution is 2.45. The van der Waals surface area contributed by atoms with E-state index >= 15 is 8.78 Å². The van der Waals surface area contributed by atoms with Crippen molar-refractivity contribution in [3.05, 3.63) is 63.7 Å². The van der Waals surface area contributed by atoms with E-state index in [1.807, 2.05) is 13.8 Å². The second kappa shape index (κ2) is 15.0. The number of hydrogen-bond donors (Lipinski definition) is 1. The van der Waals surface area contributed by atoms with Crippen LogP contribution < -0.4 is 20.2 Å². The molecule has 12 nitrogen and oxygen atoms in total. The molecule has 0 saturated carbocycles. The van der Waals surface area contributed by atoms with Crippen molar-refractivity contribution in [2.45, 2.75) is 90.2 Å². The number of halogens is 5. The number of alkyl halides is 3. The molecule has 9 rings (SSSR count). The van der Waals surface area contributed by atoms with E-state index < -0.39 is 46.4 Å². The van der Waals surface area contributed by atoms with Crippen LogP contribution in [-0.2, 0) is 13.0 Å². The van der Waals surface area contributed by atoms with Gasteiger partial charge in [-0.1, -0.05) is 19.9 Å². The molecule has 4 aliphatic heterocycles. The van der Waals surface area contributed by atoms with Crippen LogP contribution in [0.5, 0.6) is 17.5 Å². The zero-order valence-corrected chi connectivity index (χ0v) is 31.8. The number of phenols is 1. The average molecular weight is 799 g/mol. The summed E-state index contributed by atoms with van der Waals surface area (Å²) in [6.07, 6.45) is 0.287. The molecular weight excluding hydrogens is 755 g/mol. The van der Waals surface area contributed by atoms with Crippen LogP contribution >= 0.6 is 0 Å². The molecule has 5 aromatic rings. The number of pyridine rings is 1. The smallest absolute Gasteiger partial charge is 0.508 e. The largest absolute Gasteiger partial charge is 0.573 e. The number of aromatic nitrogens is 3. The highest BCUT2D eigenvalue weighted by atomic mass is 19.4. The van der Waals surface area contributed by atoms with Gasteiger partial charge in [0, 0.05) is 36.6 Å². The molecule has 3 saturated heterocycles. The third kappa shape index (κ3) is 7.24. The number of benzene rings is 2. The predicted molar refractivity (Wildman–Crippen MR) is 199 cm³/mol. The number of ether oxygens (including phenoxy) is 2. The minimum Gasteiger partial charge on any atom is -0.508 e. The topological polar surface area (TPSA) is 130 Å². The lowest BCUT2D eigenvalue weighted by Crippen LogP contribution is -2.53. The summed E-state index contributed by atoms with van der Waals surface area (Å²) in [4.78, 5) is 32.6. The molecule has 57 heavy (non-hydrogen) atoms. The molecule has 0 amide bonds. The van der Waals surface area contributed by atoms with Crippen LogP contribution in [0, 0.1) is 18.6 Å². The summed E-state index contributed by atoms with van der Waals surface area (Å²) in [5.41, 5.74) is -0.658. The number of aromatic hydroxyl groups is 1. The van der Waals surface area contributed by atoms with Crippen LogP contribution in [0.3, 0.4) is 0 Å². The summed E-state index contributed by atoms with van der Waals surface area (Å²) in [6.45, 7) is 9.84. The third-order valence-electron chi connectivity index (χ3n) is 11.6. The fourth-order valence-electron chi connectivity index (χ4n) is 9.11. The maximum atomic E-state index is 17.3. The van der Waals surface area contributed by atoms with Crippen molar-refractivity contribution in [3.8, 4) is 28.8 Å². The minimum atomic E-state index is -5.27. The van der Waals surface area contributed by atoms with Gasteiger partial charge in [0.1, 0.15) is 35.1 Å². The first-order chi connectivity index (χ1) is 27.4. The van der Waals surface area contributed by atoms with Gasteiger partial charge in [0.05, 0.1) is 23.2 Å². The quantitative estimate of drug-likeness (QED) is 0.163. The van der Waals surface area contributed by atoms with Crippen LogP contribution in [-0.4, -0.2) is 87.1 Å². The van der Waals surface area contributed by atoms with Crippen LogP contribution in [0.2, 0.25) is 0 Å². The number of piperazine rings is 1. The Bertz CT molecular complexity index is 2370. The van der Waals surface area contributed by atoms with Gasteiger partial charge in [-0.25, -0.2) is 18.6 Å². The number of phenolic OH excluding ortho intramolecular Hbond substituents is 1. The van der Waals surface area contributed by atoms with Gasteiger partial charge in [-0.05, 0) is 88.5 Å². The highest BCUT2D eigenvalue weighted by Gasteiger charge is 2.45. The zero-order chi connectivity index (χ0) is 40.2. The Morgan fingerprint density at radius 3 is 2.47 bits per heavy atom. The molecule has 0 radical (unpaired) electrons. The van der Waals surface area contributed by atoms with Crippen LogP contribution in [0.4, 0.5) is 27.8 Å². The van der Waals surface area contributed by atoms with E-state index in [2.05, 4.69) is 24.4 Å². The van der Waals surface area contributed by atoms with Crippen molar-refractivity contribution in [2.24, 2.45) is 0 Å². The van der Waals surface area contributed by atoms with Gasteiger partial charge < -0.3 is 28.3 Å². The van der Waals surface area contributed by atoms with E-state index in [4.69, 9.17) is 23.5 Å². The normalized spacial score (nSPS) is 19.5. The van der Waals surface area contributed by atoms with Gasteiger partial charge in [0.15, 0.2) is 23.1 Å². The Balaban J connectivity index is 0.00000224. The van der Waals surface area contributed by atoms with Crippen LogP contribution in [0.1, 0.15) is 69.6 Å². The first-order valence-electron chi connectivity index (χ1n) is 19.4. The Morgan fingerprint density at radius 1 is 0.982 bits per heavy atom. The Hall–Kier alpha value is -5.03. The molecule has 0 spiro atoms. The van der Waals surface area contributed by atoms with Gasteiger partial charge in [-0.15, -0.1) is 13.2 Å². The Morgan fingerprint density at radius 2 is 1.75 bits per heavy atom. The van der Waals surface area contributed by atoms with Crippen molar-refractivity contribution in [1.82, 2.24) is 24.8 Å². The first kappa shape index (κ1) is 38.8. The molecule has 17 heteroatoms. The number of rotatable bonds is 7. The SMILES string of the molecule is CC.Cc1oc(=O)oc1CN1CCN2c3nc(OCC45CCCN4CCC5)nc4c(F)c(-c5cc(O)cc6ccc(F)c(OC(F)(F)F)c56)nc(c34)CCCC2C1. The van der Waals surface area contributed by atoms with E-state index in [0.29, 0.717) is 80.5 Å². The number of hydrogen-bond acceptors (Lipinski definition) is 12. The molecule has 0 aliphatic carbocycles. The molecule has 0 bridgehead atoms. The minimum absolute atomic E-state index is 0.0189. The first-order valence-corrected chi connectivity index (χ1v) is 19.4. The maximum absolute atomic E-state index is 17.3. The number of fused-ring (bicyclic) bond motifs is 4. The summed E-state index contributed by atoms with van der Waals surface area (Å²) in [7, 11) is 0. The number of nitrogens with zero attached hydrogens (tertiary/aromatic N) is 6. The van der Waals surface area contributed by atoms with Crippen molar-refractivity contribution < 1.29 is 45.4 Å². The lowest BCUT2D eigenvalue weighted by molar-refractivity contribution is -0.275. The lowest BCUT2D eigenvalue weighted by atomic mass is 9.95. The van der Waals surface area contributed by atoms with E-state index in [-0.39, 0.29) is 34.1 Å². The molecule has 1 N–H and O–H groups in total. The van der Waals surface area contributed by atoms with Crippen LogP contribution in [0.15, 0.2) is 37.9 Å². The average Bonchev–Trinajstić information content (AvgIpc) is 3.85.